The third-order valence-corrected chi connectivity index (χ3v) is 3.92. The molecule has 0 bridgehead atoms. The predicted molar refractivity (Wildman–Crippen MR) is 79.0 cm³/mol. The first-order chi connectivity index (χ1) is 8.51. The molecule has 0 amide bonds. The van der Waals surface area contributed by atoms with Crippen LogP contribution in [0.25, 0.3) is 0 Å². The van der Waals surface area contributed by atoms with E-state index in [9.17, 15) is 0 Å². The van der Waals surface area contributed by atoms with Gasteiger partial charge in [0.15, 0.2) is 0 Å². The van der Waals surface area contributed by atoms with Gasteiger partial charge in [-0.25, -0.2) is 4.98 Å². The molecule has 0 fully saturated rings. The zero-order valence-corrected chi connectivity index (χ0v) is 12.9. The molecule has 104 valence electrons. The van der Waals surface area contributed by atoms with E-state index in [0.717, 1.165) is 0 Å². The molecule has 0 aromatic carbocycles. The highest BCUT2D eigenvalue weighted by molar-refractivity contribution is 5.11. The van der Waals surface area contributed by atoms with Gasteiger partial charge in [0.1, 0.15) is 0 Å². The van der Waals surface area contributed by atoms with Gasteiger partial charge in [-0.3, -0.25) is 0 Å². The second kappa shape index (κ2) is 6.96. The van der Waals surface area contributed by atoms with E-state index in [1.54, 1.807) is 0 Å². The number of hydrogen-bond acceptors (Lipinski definition) is 1. The molecule has 1 aromatic rings. The molecule has 0 spiro atoms. The molecule has 0 saturated carbocycles. The molecule has 2 nitrogen and oxygen atoms in total. The number of rotatable bonds is 8. The van der Waals surface area contributed by atoms with Crippen molar-refractivity contribution in [2.45, 2.75) is 84.6 Å². The van der Waals surface area contributed by atoms with Crippen LogP contribution in [0, 0.1) is 0 Å². The maximum Gasteiger partial charge on any atom is 0.0952 e. The molecule has 18 heavy (non-hydrogen) atoms. The van der Waals surface area contributed by atoms with Crippen molar-refractivity contribution in [1.29, 1.82) is 0 Å². The minimum atomic E-state index is 0.215. The SMILES string of the molecule is CCCCCC(C)(C)c1cn(C(C)CCC)cn1. The molecule has 1 aromatic heterocycles. The standard InChI is InChI=1S/C16H30N2/c1-6-8-9-11-16(4,5)15-12-18(13-17-15)14(3)10-7-2/h12-14H,6-11H2,1-5H3. The highest BCUT2D eigenvalue weighted by atomic mass is 15.1. The normalized spacial score (nSPS) is 13.8. The molecule has 2 heteroatoms. The topological polar surface area (TPSA) is 17.8 Å². The number of imidazole rings is 1. The molecule has 1 rings (SSSR count). The summed E-state index contributed by atoms with van der Waals surface area (Å²) >= 11 is 0. The van der Waals surface area contributed by atoms with Gasteiger partial charge in [0.05, 0.1) is 12.0 Å². The van der Waals surface area contributed by atoms with Crippen LogP contribution < -0.4 is 0 Å². The van der Waals surface area contributed by atoms with Crippen LogP contribution in [-0.4, -0.2) is 9.55 Å². The van der Waals surface area contributed by atoms with E-state index < -0.39 is 0 Å². The molecule has 0 radical (unpaired) electrons. The average molecular weight is 250 g/mol. The van der Waals surface area contributed by atoms with E-state index in [-0.39, 0.29) is 5.41 Å². The van der Waals surface area contributed by atoms with E-state index in [4.69, 9.17) is 0 Å². The van der Waals surface area contributed by atoms with Crippen molar-refractivity contribution in [2.75, 3.05) is 0 Å². The third-order valence-electron chi connectivity index (χ3n) is 3.92. The minimum absolute atomic E-state index is 0.215. The van der Waals surface area contributed by atoms with Gasteiger partial charge in [-0.15, -0.1) is 0 Å². The fourth-order valence-electron chi connectivity index (χ4n) is 2.44. The summed E-state index contributed by atoms with van der Waals surface area (Å²) in [6.07, 6.45) is 11.9. The molecule has 0 aliphatic rings. The largest absolute Gasteiger partial charge is 0.334 e. The summed E-state index contributed by atoms with van der Waals surface area (Å²) in [5.74, 6) is 0. The van der Waals surface area contributed by atoms with Gasteiger partial charge < -0.3 is 4.57 Å². The van der Waals surface area contributed by atoms with E-state index in [1.807, 2.05) is 6.33 Å². The van der Waals surface area contributed by atoms with Gasteiger partial charge in [-0.1, -0.05) is 53.4 Å². The van der Waals surface area contributed by atoms with Gasteiger partial charge in [0.25, 0.3) is 0 Å². The number of nitrogens with zero attached hydrogens (tertiary/aromatic N) is 2. The van der Waals surface area contributed by atoms with Crippen molar-refractivity contribution < 1.29 is 0 Å². The number of unbranched alkanes of at least 4 members (excludes halogenated alkanes) is 2. The maximum absolute atomic E-state index is 4.63. The van der Waals surface area contributed by atoms with Crippen molar-refractivity contribution in [2.24, 2.45) is 0 Å². The van der Waals surface area contributed by atoms with Crippen LogP contribution in [0.15, 0.2) is 12.5 Å². The summed E-state index contributed by atoms with van der Waals surface area (Å²) in [6.45, 7) is 11.4. The van der Waals surface area contributed by atoms with Crippen molar-refractivity contribution in [3.63, 3.8) is 0 Å². The Hall–Kier alpha value is -0.790. The highest BCUT2D eigenvalue weighted by Gasteiger charge is 2.23. The Bertz CT molecular complexity index is 339. The molecule has 1 atom stereocenters. The van der Waals surface area contributed by atoms with E-state index in [0.29, 0.717) is 6.04 Å². The van der Waals surface area contributed by atoms with Crippen molar-refractivity contribution in [3.05, 3.63) is 18.2 Å². The van der Waals surface area contributed by atoms with Crippen LogP contribution in [-0.2, 0) is 5.41 Å². The Kier molecular flexibility index (Phi) is 5.90. The Morgan fingerprint density at radius 2 is 1.94 bits per heavy atom. The lowest BCUT2D eigenvalue weighted by Gasteiger charge is -2.22. The average Bonchev–Trinajstić information content (AvgIpc) is 2.79. The van der Waals surface area contributed by atoms with Crippen LogP contribution in [0.1, 0.15) is 84.9 Å². The predicted octanol–water partition coefficient (Wildman–Crippen LogP) is 5.10. The lowest BCUT2D eigenvalue weighted by molar-refractivity contribution is 0.438. The molecule has 0 aliphatic heterocycles. The summed E-state index contributed by atoms with van der Waals surface area (Å²) in [7, 11) is 0. The maximum atomic E-state index is 4.63. The lowest BCUT2D eigenvalue weighted by Crippen LogP contribution is -2.17. The van der Waals surface area contributed by atoms with Gasteiger partial charge in [0, 0.05) is 17.7 Å². The first kappa shape index (κ1) is 15.3. The van der Waals surface area contributed by atoms with Gasteiger partial charge in [-0.2, -0.15) is 0 Å². The fourth-order valence-corrected chi connectivity index (χ4v) is 2.44. The zero-order valence-electron chi connectivity index (χ0n) is 12.9. The van der Waals surface area contributed by atoms with Crippen LogP contribution >= 0.6 is 0 Å². The summed E-state index contributed by atoms with van der Waals surface area (Å²) in [5, 5.41) is 0. The molecule has 1 unspecified atom stereocenters. The molecule has 0 aliphatic carbocycles. The Labute approximate surface area is 113 Å². The van der Waals surface area contributed by atoms with E-state index >= 15 is 0 Å². The van der Waals surface area contributed by atoms with Crippen LogP contribution in [0.2, 0.25) is 0 Å². The van der Waals surface area contributed by atoms with E-state index in [2.05, 4.69) is 50.4 Å². The van der Waals surface area contributed by atoms with Crippen LogP contribution in [0.3, 0.4) is 0 Å². The Balaban J connectivity index is 2.65. The first-order valence-electron chi connectivity index (χ1n) is 7.55. The second-order valence-electron chi connectivity index (χ2n) is 6.18. The third kappa shape index (κ3) is 4.15. The number of hydrogen-bond donors (Lipinski definition) is 0. The summed E-state index contributed by atoms with van der Waals surface area (Å²) in [4.78, 5) is 4.63. The smallest absolute Gasteiger partial charge is 0.0952 e. The molecule has 1 heterocycles. The molecule has 0 N–H and O–H groups in total. The first-order valence-corrected chi connectivity index (χ1v) is 7.55. The Morgan fingerprint density at radius 3 is 2.56 bits per heavy atom. The van der Waals surface area contributed by atoms with Crippen molar-refractivity contribution >= 4 is 0 Å². The lowest BCUT2D eigenvalue weighted by atomic mass is 9.84. The van der Waals surface area contributed by atoms with Gasteiger partial charge in [0.2, 0.25) is 0 Å². The fraction of sp³-hybridized carbons (Fsp3) is 0.812. The van der Waals surface area contributed by atoms with Gasteiger partial charge in [-0.05, 0) is 19.8 Å². The van der Waals surface area contributed by atoms with Crippen molar-refractivity contribution in [3.8, 4) is 0 Å². The summed E-state index contributed by atoms with van der Waals surface area (Å²) in [6, 6.07) is 0.572. The van der Waals surface area contributed by atoms with E-state index in [1.165, 1.54) is 44.2 Å². The number of aromatic nitrogens is 2. The quantitative estimate of drug-likeness (QED) is 0.587. The van der Waals surface area contributed by atoms with Crippen molar-refractivity contribution in [1.82, 2.24) is 9.55 Å². The highest BCUT2D eigenvalue weighted by Crippen LogP contribution is 2.28. The van der Waals surface area contributed by atoms with Gasteiger partial charge >= 0.3 is 0 Å². The molecular formula is C16H30N2. The van der Waals surface area contributed by atoms with Crippen LogP contribution in [0.5, 0.6) is 0 Å². The zero-order chi connectivity index (χ0) is 13.6. The molecule has 0 saturated heterocycles. The minimum Gasteiger partial charge on any atom is -0.334 e. The Morgan fingerprint density at radius 1 is 1.22 bits per heavy atom. The summed E-state index contributed by atoms with van der Waals surface area (Å²) < 4.78 is 2.28. The monoisotopic (exact) mass is 250 g/mol. The summed E-state index contributed by atoms with van der Waals surface area (Å²) in [5.41, 5.74) is 1.47. The second-order valence-corrected chi connectivity index (χ2v) is 6.18. The molecular weight excluding hydrogens is 220 g/mol. The van der Waals surface area contributed by atoms with Crippen LogP contribution in [0.4, 0.5) is 0 Å².